The maximum absolute atomic E-state index is 10.5. The van der Waals surface area contributed by atoms with Gasteiger partial charge in [0.05, 0.1) is 5.92 Å². The smallest absolute Gasteiger partial charge is 0.129 e. The van der Waals surface area contributed by atoms with Crippen LogP contribution in [-0.4, -0.2) is 16.6 Å². The van der Waals surface area contributed by atoms with Crippen LogP contribution >= 0.6 is 27.5 Å². The summed E-state index contributed by atoms with van der Waals surface area (Å²) >= 11 is 8.83. The summed E-state index contributed by atoms with van der Waals surface area (Å²) in [7, 11) is 0. The molecule has 0 bridgehead atoms. The minimum Gasteiger partial charge on any atom is -0.303 e. The van der Waals surface area contributed by atoms with Crippen LogP contribution in [0.15, 0.2) is 18.3 Å². The van der Waals surface area contributed by atoms with E-state index in [1.165, 1.54) is 0 Å². The van der Waals surface area contributed by atoms with Crippen molar-refractivity contribution in [3.8, 4) is 0 Å². The van der Waals surface area contributed by atoms with Crippen molar-refractivity contribution in [1.29, 1.82) is 0 Å². The average molecular weight is 249 g/mol. The van der Waals surface area contributed by atoms with Crippen molar-refractivity contribution < 1.29 is 4.79 Å². The fraction of sp³-hybridized carbons (Fsp3) is 0.250. The molecule has 1 rings (SSSR count). The summed E-state index contributed by atoms with van der Waals surface area (Å²) in [5, 5.41) is 1.05. The lowest BCUT2D eigenvalue weighted by atomic mass is 10.1. The molecule has 0 saturated carbocycles. The molecule has 1 unspecified atom stereocenters. The number of halogens is 2. The molecule has 0 spiro atoms. The third-order valence-electron chi connectivity index (χ3n) is 1.51. The number of aromatic nitrogens is 1. The molecule has 1 aromatic heterocycles. The van der Waals surface area contributed by atoms with Gasteiger partial charge in [0.2, 0.25) is 0 Å². The van der Waals surface area contributed by atoms with Gasteiger partial charge in [-0.1, -0.05) is 33.6 Å². The summed E-state index contributed by atoms with van der Waals surface area (Å²) in [6, 6.07) is 3.48. The van der Waals surface area contributed by atoms with Gasteiger partial charge in [-0.25, -0.2) is 4.98 Å². The van der Waals surface area contributed by atoms with Crippen LogP contribution in [0, 0.1) is 0 Å². The van der Waals surface area contributed by atoms with Gasteiger partial charge in [0.1, 0.15) is 11.4 Å². The molecule has 64 valence electrons. The quantitative estimate of drug-likeness (QED) is 0.467. The molecule has 4 heteroatoms. The Labute approximate surface area is 84.1 Å². The van der Waals surface area contributed by atoms with Gasteiger partial charge in [0, 0.05) is 11.5 Å². The van der Waals surface area contributed by atoms with Crippen molar-refractivity contribution in [2.75, 3.05) is 5.33 Å². The zero-order chi connectivity index (χ0) is 8.97. The maximum atomic E-state index is 10.5. The molecule has 0 aromatic carbocycles. The van der Waals surface area contributed by atoms with Gasteiger partial charge in [-0.15, -0.1) is 0 Å². The highest BCUT2D eigenvalue weighted by Crippen LogP contribution is 2.16. The Kier molecular flexibility index (Phi) is 3.69. The molecule has 0 fully saturated rings. The molecule has 0 amide bonds. The lowest BCUT2D eigenvalue weighted by Crippen LogP contribution is -2.01. The van der Waals surface area contributed by atoms with Crippen LogP contribution in [0.4, 0.5) is 0 Å². The Balaban J connectivity index is 2.87. The van der Waals surface area contributed by atoms with E-state index in [0.717, 1.165) is 11.8 Å². The number of nitrogens with zero attached hydrogens (tertiary/aromatic N) is 1. The summed E-state index contributed by atoms with van der Waals surface area (Å²) < 4.78 is 0. The van der Waals surface area contributed by atoms with Gasteiger partial charge in [0.15, 0.2) is 0 Å². The number of aldehydes is 1. The monoisotopic (exact) mass is 247 g/mol. The molecular formula is C8H7BrClNO. The molecule has 1 heterocycles. The summed E-state index contributed by atoms with van der Waals surface area (Å²) in [4.78, 5) is 14.4. The molecule has 1 atom stereocenters. The number of pyridine rings is 1. The van der Waals surface area contributed by atoms with Crippen molar-refractivity contribution in [3.05, 3.63) is 29.0 Å². The number of carbonyl (C=O) groups is 1. The Hall–Kier alpha value is -0.410. The Morgan fingerprint density at radius 1 is 1.67 bits per heavy atom. The fourth-order valence-electron chi connectivity index (χ4n) is 0.811. The van der Waals surface area contributed by atoms with E-state index >= 15 is 0 Å². The Bertz CT molecular complexity index is 262. The van der Waals surface area contributed by atoms with Gasteiger partial charge < -0.3 is 4.79 Å². The number of hydrogen-bond acceptors (Lipinski definition) is 2. The van der Waals surface area contributed by atoms with Crippen molar-refractivity contribution in [1.82, 2.24) is 4.98 Å². The van der Waals surface area contributed by atoms with Gasteiger partial charge >= 0.3 is 0 Å². The van der Waals surface area contributed by atoms with Crippen molar-refractivity contribution in [2.45, 2.75) is 5.92 Å². The van der Waals surface area contributed by atoms with Crippen molar-refractivity contribution >= 4 is 33.8 Å². The second kappa shape index (κ2) is 4.58. The lowest BCUT2D eigenvalue weighted by Gasteiger charge is -2.04. The number of alkyl halides is 1. The zero-order valence-corrected chi connectivity index (χ0v) is 8.55. The minimum atomic E-state index is -0.130. The zero-order valence-electron chi connectivity index (χ0n) is 6.21. The number of hydrogen-bond donors (Lipinski definition) is 0. The summed E-state index contributed by atoms with van der Waals surface area (Å²) in [5.41, 5.74) is 0.881. The van der Waals surface area contributed by atoms with E-state index in [1.807, 2.05) is 0 Å². The predicted octanol–water partition coefficient (Wildman–Crippen LogP) is 2.41. The van der Waals surface area contributed by atoms with Crippen LogP contribution in [0.25, 0.3) is 0 Å². The predicted molar refractivity (Wildman–Crippen MR) is 51.8 cm³/mol. The van der Waals surface area contributed by atoms with Crippen LogP contribution in [-0.2, 0) is 4.79 Å². The molecule has 0 aliphatic rings. The second-order valence-corrected chi connectivity index (χ2v) is 3.35. The summed E-state index contributed by atoms with van der Waals surface area (Å²) in [5.74, 6) is -0.130. The van der Waals surface area contributed by atoms with Gasteiger partial charge in [-0.05, 0) is 11.6 Å². The van der Waals surface area contributed by atoms with Crippen LogP contribution in [0.5, 0.6) is 0 Å². The van der Waals surface area contributed by atoms with Crippen LogP contribution < -0.4 is 0 Å². The molecule has 0 aliphatic heterocycles. The topological polar surface area (TPSA) is 30.0 Å². The third kappa shape index (κ3) is 2.29. The summed E-state index contributed by atoms with van der Waals surface area (Å²) in [6.45, 7) is 0. The SMILES string of the molecule is O=CC(CBr)c1ccc(Cl)nc1. The average Bonchev–Trinajstić information content (AvgIpc) is 2.10. The van der Waals surface area contributed by atoms with E-state index in [-0.39, 0.29) is 5.92 Å². The van der Waals surface area contributed by atoms with Crippen LogP contribution in [0.2, 0.25) is 5.15 Å². The molecule has 0 aliphatic carbocycles. The molecule has 0 radical (unpaired) electrons. The minimum absolute atomic E-state index is 0.130. The van der Waals surface area contributed by atoms with Gasteiger partial charge in [0.25, 0.3) is 0 Å². The molecule has 1 aromatic rings. The highest BCUT2D eigenvalue weighted by Gasteiger charge is 2.07. The standard InChI is InChI=1S/C8H7BrClNO/c9-3-7(5-12)6-1-2-8(10)11-4-6/h1-2,4-5,7H,3H2. The van der Waals surface area contributed by atoms with Gasteiger partial charge in [-0.3, -0.25) is 0 Å². The van der Waals surface area contributed by atoms with E-state index in [2.05, 4.69) is 20.9 Å². The first-order chi connectivity index (χ1) is 5.77. The van der Waals surface area contributed by atoms with Crippen molar-refractivity contribution in [2.24, 2.45) is 0 Å². The van der Waals surface area contributed by atoms with E-state index in [0.29, 0.717) is 10.5 Å². The first-order valence-electron chi connectivity index (χ1n) is 3.40. The molecular weight excluding hydrogens is 241 g/mol. The van der Waals surface area contributed by atoms with Crippen LogP contribution in [0.1, 0.15) is 11.5 Å². The van der Waals surface area contributed by atoms with Gasteiger partial charge in [-0.2, -0.15) is 0 Å². The fourth-order valence-corrected chi connectivity index (χ4v) is 1.45. The second-order valence-electron chi connectivity index (χ2n) is 2.31. The van der Waals surface area contributed by atoms with E-state index in [9.17, 15) is 4.79 Å². The molecule has 12 heavy (non-hydrogen) atoms. The molecule has 2 nitrogen and oxygen atoms in total. The first-order valence-corrected chi connectivity index (χ1v) is 4.90. The molecule has 0 N–H and O–H groups in total. The van der Waals surface area contributed by atoms with Crippen molar-refractivity contribution in [3.63, 3.8) is 0 Å². The highest BCUT2D eigenvalue weighted by molar-refractivity contribution is 9.09. The summed E-state index contributed by atoms with van der Waals surface area (Å²) in [6.07, 6.45) is 2.50. The highest BCUT2D eigenvalue weighted by atomic mass is 79.9. The lowest BCUT2D eigenvalue weighted by molar-refractivity contribution is -0.108. The molecule has 0 saturated heterocycles. The Morgan fingerprint density at radius 2 is 2.42 bits per heavy atom. The first kappa shape index (κ1) is 9.68. The normalized spacial score (nSPS) is 12.5. The maximum Gasteiger partial charge on any atom is 0.129 e. The van der Waals surface area contributed by atoms with E-state index < -0.39 is 0 Å². The third-order valence-corrected chi connectivity index (χ3v) is 2.43. The van der Waals surface area contributed by atoms with E-state index in [1.54, 1.807) is 18.3 Å². The van der Waals surface area contributed by atoms with E-state index in [4.69, 9.17) is 11.6 Å². The Morgan fingerprint density at radius 3 is 2.83 bits per heavy atom. The van der Waals surface area contributed by atoms with Crippen LogP contribution in [0.3, 0.4) is 0 Å². The largest absolute Gasteiger partial charge is 0.303 e. The number of carbonyl (C=O) groups excluding carboxylic acids is 1. The number of rotatable bonds is 3.